The molecule has 1 N–H and O–H groups in total. The molecular weight excluding hydrogens is 290 g/mol. The highest BCUT2D eigenvalue weighted by Crippen LogP contribution is 2.28. The van der Waals surface area contributed by atoms with Crippen LogP contribution in [0.2, 0.25) is 0 Å². The van der Waals surface area contributed by atoms with E-state index in [0.717, 1.165) is 42.3 Å². The number of nitrogens with one attached hydrogen (secondary N) is 1. The quantitative estimate of drug-likeness (QED) is 0.765. The van der Waals surface area contributed by atoms with Gasteiger partial charge in [0.1, 0.15) is 5.75 Å². The maximum absolute atomic E-state index is 5.86. The van der Waals surface area contributed by atoms with Crippen LogP contribution in [0.3, 0.4) is 0 Å². The highest BCUT2D eigenvalue weighted by molar-refractivity contribution is 9.10. The van der Waals surface area contributed by atoms with Crippen molar-refractivity contribution in [3.63, 3.8) is 0 Å². The van der Waals surface area contributed by atoms with Crippen LogP contribution in [-0.4, -0.2) is 13.2 Å². The molecule has 0 aliphatic heterocycles. The molecule has 18 heavy (non-hydrogen) atoms. The van der Waals surface area contributed by atoms with E-state index < -0.39 is 0 Å². The normalized spacial score (nSPS) is 15.4. The minimum absolute atomic E-state index is 0.787. The van der Waals surface area contributed by atoms with Crippen molar-refractivity contribution in [3.8, 4) is 5.75 Å². The van der Waals surface area contributed by atoms with Gasteiger partial charge in [0, 0.05) is 11.0 Å². The van der Waals surface area contributed by atoms with Gasteiger partial charge >= 0.3 is 0 Å². The van der Waals surface area contributed by atoms with E-state index in [1.165, 1.54) is 24.8 Å². The Kier molecular flexibility index (Phi) is 5.51. The summed E-state index contributed by atoms with van der Waals surface area (Å²) in [5.41, 5.74) is 1.27. The van der Waals surface area contributed by atoms with E-state index in [0.29, 0.717) is 0 Å². The van der Waals surface area contributed by atoms with E-state index in [1.807, 2.05) is 6.07 Å². The molecule has 1 saturated carbocycles. The fraction of sp³-hybridized carbons (Fsp3) is 0.600. The zero-order valence-corrected chi connectivity index (χ0v) is 12.6. The maximum atomic E-state index is 5.86. The van der Waals surface area contributed by atoms with E-state index in [1.54, 1.807) is 0 Å². The first-order chi connectivity index (χ1) is 8.79. The molecule has 0 radical (unpaired) electrons. The first-order valence-electron chi connectivity index (χ1n) is 6.91. The van der Waals surface area contributed by atoms with Crippen LogP contribution in [0.1, 0.15) is 38.2 Å². The van der Waals surface area contributed by atoms with Crippen molar-refractivity contribution in [1.82, 2.24) is 5.32 Å². The van der Waals surface area contributed by atoms with Crippen LogP contribution >= 0.6 is 15.9 Å². The lowest BCUT2D eigenvalue weighted by molar-refractivity contribution is 0.180. The van der Waals surface area contributed by atoms with Crippen LogP contribution in [0.15, 0.2) is 22.7 Å². The Hall–Kier alpha value is -0.540. The van der Waals surface area contributed by atoms with Gasteiger partial charge in [-0.1, -0.05) is 29.3 Å². The van der Waals surface area contributed by atoms with Crippen LogP contribution in [-0.2, 0) is 6.54 Å². The lowest BCUT2D eigenvalue weighted by Crippen LogP contribution is -2.19. The van der Waals surface area contributed by atoms with Gasteiger partial charge < -0.3 is 10.1 Å². The van der Waals surface area contributed by atoms with Crippen molar-refractivity contribution < 1.29 is 4.74 Å². The summed E-state index contributed by atoms with van der Waals surface area (Å²) in [6, 6.07) is 6.27. The molecule has 1 aliphatic carbocycles. The Balaban J connectivity index is 1.87. The molecule has 0 saturated heterocycles. The van der Waals surface area contributed by atoms with E-state index in [4.69, 9.17) is 4.74 Å². The van der Waals surface area contributed by atoms with Crippen LogP contribution in [0, 0.1) is 5.92 Å². The molecule has 2 rings (SSSR count). The molecule has 0 spiro atoms. The second kappa shape index (κ2) is 7.15. The Morgan fingerprint density at radius 3 is 2.89 bits per heavy atom. The number of benzene rings is 1. The molecule has 3 heteroatoms. The van der Waals surface area contributed by atoms with E-state index in [-0.39, 0.29) is 0 Å². The molecular formula is C15H22BrNO. The summed E-state index contributed by atoms with van der Waals surface area (Å²) >= 11 is 3.59. The molecule has 100 valence electrons. The first kappa shape index (κ1) is 13.9. The van der Waals surface area contributed by atoms with Crippen molar-refractivity contribution in [1.29, 1.82) is 0 Å². The third-order valence-electron chi connectivity index (χ3n) is 3.47. The highest BCUT2D eigenvalue weighted by atomic mass is 79.9. The van der Waals surface area contributed by atoms with Gasteiger partial charge in [0.2, 0.25) is 0 Å². The average Bonchev–Trinajstić information content (AvgIpc) is 2.31. The molecule has 1 fully saturated rings. The van der Waals surface area contributed by atoms with E-state index >= 15 is 0 Å². The van der Waals surface area contributed by atoms with Crippen LogP contribution < -0.4 is 10.1 Å². The van der Waals surface area contributed by atoms with Gasteiger partial charge in [-0.15, -0.1) is 0 Å². The first-order valence-corrected chi connectivity index (χ1v) is 7.71. The maximum Gasteiger partial charge on any atom is 0.119 e. The van der Waals surface area contributed by atoms with Gasteiger partial charge in [-0.25, -0.2) is 0 Å². The Morgan fingerprint density at radius 2 is 2.22 bits per heavy atom. The molecule has 2 nitrogen and oxygen atoms in total. The molecule has 0 heterocycles. The monoisotopic (exact) mass is 311 g/mol. The summed E-state index contributed by atoms with van der Waals surface area (Å²) < 4.78 is 7.02. The summed E-state index contributed by atoms with van der Waals surface area (Å²) in [6.45, 7) is 5.01. The smallest absolute Gasteiger partial charge is 0.119 e. The zero-order valence-electron chi connectivity index (χ0n) is 11.0. The molecule has 0 aromatic heterocycles. The van der Waals surface area contributed by atoms with Crippen LogP contribution in [0.25, 0.3) is 0 Å². The largest absolute Gasteiger partial charge is 0.493 e. The summed E-state index contributed by atoms with van der Waals surface area (Å²) in [4.78, 5) is 0. The van der Waals surface area contributed by atoms with Crippen LogP contribution in [0.4, 0.5) is 0 Å². The van der Waals surface area contributed by atoms with Gasteiger partial charge in [-0.05, 0) is 55.5 Å². The SMILES string of the molecule is CCCNCc1cc(OCC2CCC2)ccc1Br. The lowest BCUT2D eigenvalue weighted by Gasteiger charge is -2.25. The Labute approximate surface area is 118 Å². The minimum atomic E-state index is 0.787. The van der Waals surface area contributed by atoms with Gasteiger partial charge in [0.05, 0.1) is 6.61 Å². The summed E-state index contributed by atoms with van der Waals surface area (Å²) in [5, 5.41) is 3.42. The second-order valence-electron chi connectivity index (χ2n) is 5.04. The fourth-order valence-electron chi connectivity index (χ4n) is 2.05. The summed E-state index contributed by atoms with van der Waals surface area (Å²) in [6.07, 6.45) is 5.21. The standard InChI is InChI=1S/C15H22BrNO/c1-2-8-17-10-13-9-14(6-7-15(13)16)18-11-12-4-3-5-12/h6-7,9,12,17H,2-5,8,10-11H2,1H3. The van der Waals surface area contributed by atoms with Gasteiger partial charge in [0.25, 0.3) is 0 Å². The van der Waals surface area contributed by atoms with Gasteiger partial charge in [0.15, 0.2) is 0 Å². The Bertz CT molecular complexity index is 377. The molecule has 0 atom stereocenters. The predicted octanol–water partition coefficient (Wildman–Crippen LogP) is 4.13. The molecule has 1 aliphatic rings. The number of hydrogen-bond donors (Lipinski definition) is 1. The number of ether oxygens (including phenoxy) is 1. The highest BCUT2D eigenvalue weighted by Gasteiger charge is 2.17. The molecule has 1 aromatic rings. The summed E-state index contributed by atoms with van der Waals surface area (Å²) in [7, 11) is 0. The lowest BCUT2D eigenvalue weighted by atomic mass is 9.86. The number of hydrogen-bond acceptors (Lipinski definition) is 2. The van der Waals surface area contributed by atoms with Crippen molar-refractivity contribution in [2.24, 2.45) is 5.92 Å². The third-order valence-corrected chi connectivity index (χ3v) is 4.24. The average molecular weight is 312 g/mol. The van der Waals surface area contributed by atoms with Crippen molar-refractivity contribution in [2.75, 3.05) is 13.2 Å². The van der Waals surface area contributed by atoms with Crippen molar-refractivity contribution in [3.05, 3.63) is 28.2 Å². The zero-order chi connectivity index (χ0) is 12.8. The fourth-order valence-corrected chi connectivity index (χ4v) is 2.44. The minimum Gasteiger partial charge on any atom is -0.493 e. The predicted molar refractivity (Wildman–Crippen MR) is 79.0 cm³/mol. The molecule has 1 aromatic carbocycles. The Morgan fingerprint density at radius 1 is 1.39 bits per heavy atom. The molecule has 0 unspecified atom stereocenters. The molecule has 0 bridgehead atoms. The van der Waals surface area contributed by atoms with Gasteiger partial charge in [-0.2, -0.15) is 0 Å². The van der Waals surface area contributed by atoms with Crippen molar-refractivity contribution in [2.45, 2.75) is 39.2 Å². The number of rotatable bonds is 7. The van der Waals surface area contributed by atoms with Gasteiger partial charge in [-0.3, -0.25) is 0 Å². The topological polar surface area (TPSA) is 21.3 Å². The van der Waals surface area contributed by atoms with Crippen LogP contribution in [0.5, 0.6) is 5.75 Å². The van der Waals surface area contributed by atoms with E-state index in [9.17, 15) is 0 Å². The molecule has 0 amide bonds. The second-order valence-corrected chi connectivity index (χ2v) is 5.89. The number of halogens is 1. The third kappa shape index (κ3) is 3.99. The summed E-state index contributed by atoms with van der Waals surface area (Å²) in [5.74, 6) is 1.79. The van der Waals surface area contributed by atoms with Crippen molar-refractivity contribution >= 4 is 15.9 Å². The van der Waals surface area contributed by atoms with E-state index in [2.05, 4.69) is 40.3 Å².